The van der Waals surface area contributed by atoms with E-state index in [2.05, 4.69) is 34.0 Å². The van der Waals surface area contributed by atoms with E-state index in [1.54, 1.807) is 6.92 Å². The van der Waals surface area contributed by atoms with Gasteiger partial charge in [0.2, 0.25) is 5.91 Å². The molecule has 25 heavy (non-hydrogen) atoms. The molecule has 1 aliphatic heterocycles. The van der Waals surface area contributed by atoms with E-state index in [0.29, 0.717) is 32.2 Å². The molecular formula is C18H30N4O3. The summed E-state index contributed by atoms with van der Waals surface area (Å²) < 4.78 is 11.3. The van der Waals surface area contributed by atoms with E-state index in [4.69, 9.17) is 9.47 Å². The summed E-state index contributed by atoms with van der Waals surface area (Å²) in [7, 11) is 0. The molecule has 7 nitrogen and oxygen atoms in total. The molecule has 1 aromatic rings. The normalized spacial score (nSPS) is 19.1. The first-order chi connectivity index (χ1) is 11.9. The van der Waals surface area contributed by atoms with Gasteiger partial charge in [-0.3, -0.25) is 4.79 Å². The van der Waals surface area contributed by atoms with Crippen LogP contribution >= 0.6 is 0 Å². The monoisotopic (exact) mass is 350 g/mol. The van der Waals surface area contributed by atoms with Gasteiger partial charge in [-0.25, -0.2) is 9.97 Å². The van der Waals surface area contributed by atoms with Crippen LogP contribution in [-0.4, -0.2) is 60.9 Å². The summed E-state index contributed by atoms with van der Waals surface area (Å²) in [6, 6.07) is 0. The maximum Gasteiger partial charge on any atom is 0.248 e. The Hall–Kier alpha value is -1.73. The molecule has 1 fully saturated rings. The number of anilines is 1. The predicted octanol–water partition coefficient (Wildman–Crippen LogP) is 1.48. The Morgan fingerprint density at radius 1 is 1.44 bits per heavy atom. The topological polar surface area (TPSA) is 76.6 Å². The van der Waals surface area contributed by atoms with E-state index in [-0.39, 0.29) is 12.0 Å². The number of carbonyl (C=O) groups excluding carboxylic acids is 1. The SMILES string of the molecule is Cc1ncc(C)c(N2CCOC(CNC(=O)C(C)OCC(C)C)C2)n1. The van der Waals surface area contributed by atoms with Gasteiger partial charge in [-0.2, -0.15) is 0 Å². The van der Waals surface area contributed by atoms with Crippen molar-refractivity contribution in [2.45, 2.75) is 46.8 Å². The minimum absolute atomic E-state index is 0.0651. The van der Waals surface area contributed by atoms with Crippen molar-refractivity contribution in [3.63, 3.8) is 0 Å². The Morgan fingerprint density at radius 2 is 2.20 bits per heavy atom. The summed E-state index contributed by atoms with van der Waals surface area (Å²) >= 11 is 0. The van der Waals surface area contributed by atoms with E-state index in [1.165, 1.54) is 0 Å². The van der Waals surface area contributed by atoms with Gasteiger partial charge in [0, 0.05) is 38.0 Å². The van der Waals surface area contributed by atoms with Crippen LogP contribution in [0.4, 0.5) is 5.82 Å². The van der Waals surface area contributed by atoms with Crippen molar-refractivity contribution in [3.05, 3.63) is 17.6 Å². The standard InChI is InChI=1S/C18H30N4O3/c1-12(2)11-25-14(4)18(23)20-9-16-10-22(6-7-24-16)17-13(3)8-19-15(5)21-17/h8,12,14,16H,6-7,9-11H2,1-5H3,(H,20,23). The molecule has 140 valence electrons. The number of nitrogens with zero attached hydrogens (tertiary/aromatic N) is 3. The third-order valence-corrected chi connectivity index (χ3v) is 4.06. The predicted molar refractivity (Wildman–Crippen MR) is 96.7 cm³/mol. The fourth-order valence-corrected chi connectivity index (χ4v) is 2.64. The largest absolute Gasteiger partial charge is 0.373 e. The minimum Gasteiger partial charge on any atom is -0.373 e. The van der Waals surface area contributed by atoms with Gasteiger partial charge in [0.15, 0.2) is 0 Å². The highest BCUT2D eigenvalue weighted by Crippen LogP contribution is 2.19. The number of rotatable bonds is 7. The van der Waals surface area contributed by atoms with Gasteiger partial charge in [-0.05, 0) is 26.7 Å². The van der Waals surface area contributed by atoms with E-state index < -0.39 is 6.10 Å². The number of carbonyl (C=O) groups is 1. The van der Waals surface area contributed by atoms with E-state index in [1.807, 2.05) is 20.0 Å². The Balaban J connectivity index is 1.85. The molecule has 0 saturated carbocycles. The highest BCUT2D eigenvalue weighted by Gasteiger charge is 2.24. The van der Waals surface area contributed by atoms with E-state index >= 15 is 0 Å². The summed E-state index contributed by atoms with van der Waals surface area (Å²) in [5, 5.41) is 2.93. The number of hydrogen-bond acceptors (Lipinski definition) is 6. The number of hydrogen-bond donors (Lipinski definition) is 1. The number of amides is 1. The lowest BCUT2D eigenvalue weighted by Crippen LogP contribution is -2.49. The van der Waals surface area contributed by atoms with Crippen molar-refractivity contribution >= 4 is 11.7 Å². The Kier molecular flexibility index (Phi) is 7.13. The highest BCUT2D eigenvalue weighted by atomic mass is 16.5. The maximum atomic E-state index is 12.1. The van der Waals surface area contributed by atoms with E-state index in [9.17, 15) is 4.79 Å². The van der Waals surface area contributed by atoms with Crippen LogP contribution < -0.4 is 10.2 Å². The lowest BCUT2D eigenvalue weighted by atomic mass is 10.2. The molecule has 1 amide bonds. The molecular weight excluding hydrogens is 320 g/mol. The molecule has 2 unspecified atom stereocenters. The molecule has 0 bridgehead atoms. The third-order valence-electron chi connectivity index (χ3n) is 4.06. The van der Waals surface area contributed by atoms with Crippen LogP contribution in [0.15, 0.2) is 6.20 Å². The zero-order valence-electron chi connectivity index (χ0n) is 15.9. The molecule has 1 saturated heterocycles. The van der Waals surface area contributed by atoms with Crippen LogP contribution in [0, 0.1) is 19.8 Å². The molecule has 2 heterocycles. The highest BCUT2D eigenvalue weighted by molar-refractivity contribution is 5.80. The van der Waals surface area contributed by atoms with Crippen molar-refractivity contribution < 1.29 is 14.3 Å². The van der Waals surface area contributed by atoms with Crippen molar-refractivity contribution in [2.75, 3.05) is 37.7 Å². The van der Waals surface area contributed by atoms with Crippen LogP contribution in [0.3, 0.4) is 0 Å². The van der Waals surface area contributed by atoms with Crippen molar-refractivity contribution in [1.82, 2.24) is 15.3 Å². The summed E-state index contributed by atoms with van der Waals surface area (Å²) in [6.07, 6.45) is 1.33. The number of aromatic nitrogens is 2. The number of morpholine rings is 1. The quantitative estimate of drug-likeness (QED) is 0.803. The van der Waals surface area contributed by atoms with Gasteiger partial charge in [-0.15, -0.1) is 0 Å². The minimum atomic E-state index is -0.450. The fourth-order valence-electron chi connectivity index (χ4n) is 2.64. The molecule has 1 aliphatic rings. The molecule has 0 aromatic carbocycles. The molecule has 2 atom stereocenters. The zero-order chi connectivity index (χ0) is 18.4. The fraction of sp³-hybridized carbons (Fsp3) is 0.722. The van der Waals surface area contributed by atoms with Gasteiger partial charge >= 0.3 is 0 Å². The molecule has 1 aromatic heterocycles. The summed E-state index contributed by atoms with van der Waals surface area (Å²) in [5.41, 5.74) is 1.05. The van der Waals surface area contributed by atoms with Crippen LogP contribution in [0.1, 0.15) is 32.2 Å². The number of aryl methyl sites for hydroxylation is 2. The maximum absolute atomic E-state index is 12.1. The van der Waals surface area contributed by atoms with E-state index in [0.717, 1.165) is 23.8 Å². The van der Waals surface area contributed by atoms with Gasteiger partial charge in [0.25, 0.3) is 0 Å². The molecule has 7 heteroatoms. The molecule has 2 rings (SSSR count). The Bertz CT molecular complexity index is 579. The second-order valence-electron chi connectivity index (χ2n) is 6.98. The zero-order valence-corrected chi connectivity index (χ0v) is 15.9. The first kappa shape index (κ1) is 19.6. The average Bonchev–Trinajstić information content (AvgIpc) is 2.59. The van der Waals surface area contributed by atoms with Gasteiger partial charge in [0.05, 0.1) is 12.7 Å². The second kappa shape index (κ2) is 9.10. The lowest BCUT2D eigenvalue weighted by molar-refractivity contribution is -0.133. The van der Waals surface area contributed by atoms with Crippen LogP contribution in [0.25, 0.3) is 0 Å². The summed E-state index contributed by atoms with van der Waals surface area (Å²) in [6.45, 7) is 12.9. The van der Waals surface area contributed by atoms with Crippen molar-refractivity contribution in [3.8, 4) is 0 Å². The molecule has 0 aliphatic carbocycles. The lowest BCUT2D eigenvalue weighted by Gasteiger charge is -2.34. The average molecular weight is 350 g/mol. The van der Waals surface area contributed by atoms with Crippen molar-refractivity contribution in [2.24, 2.45) is 5.92 Å². The molecule has 0 spiro atoms. The number of ether oxygens (including phenoxy) is 2. The first-order valence-corrected chi connectivity index (χ1v) is 8.93. The second-order valence-corrected chi connectivity index (χ2v) is 6.98. The van der Waals surface area contributed by atoms with Gasteiger partial charge in [-0.1, -0.05) is 13.8 Å². The van der Waals surface area contributed by atoms with Crippen molar-refractivity contribution in [1.29, 1.82) is 0 Å². The Labute approximate surface area is 150 Å². The molecule has 0 radical (unpaired) electrons. The first-order valence-electron chi connectivity index (χ1n) is 8.93. The van der Waals surface area contributed by atoms with Crippen LogP contribution in [0.5, 0.6) is 0 Å². The van der Waals surface area contributed by atoms with Crippen LogP contribution in [0.2, 0.25) is 0 Å². The number of nitrogens with one attached hydrogen (secondary N) is 1. The third kappa shape index (κ3) is 5.93. The van der Waals surface area contributed by atoms with Gasteiger partial charge in [0.1, 0.15) is 17.7 Å². The summed E-state index contributed by atoms with van der Waals surface area (Å²) in [5.74, 6) is 2.01. The molecule has 1 N–H and O–H groups in total. The summed E-state index contributed by atoms with van der Waals surface area (Å²) in [4.78, 5) is 23.1. The smallest absolute Gasteiger partial charge is 0.248 e. The van der Waals surface area contributed by atoms with Crippen LogP contribution in [-0.2, 0) is 14.3 Å². The van der Waals surface area contributed by atoms with Gasteiger partial charge < -0.3 is 19.7 Å². The Morgan fingerprint density at radius 3 is 2.92 bits per heavy atom.